The summed E-state index contributed by atoms with van der Waals surface area (Å²) < 4.78 is 28.7. The van der Waals surface area contributed by atoms with Crippen LogP contribution in [0.4, 0.5) is 14.6 Å². The molecule has 0 aliphatic heterocycles. The van der Waals surface area contributed by atoms with Crippen LogP contribution in [-0.2, 0) is 0 Å². The third-order valence-electron chi connectivity index (χ3n) is 4.02. The molecule has 0 aliphatic carbocycles. The fourth-order valence-corrected chi connectivity index (χ4v) is 2.74. The highest BCUT2D eigenvalue weighted by atomic mass is 19.1. The van der Waals surface area contributed by atoms with Gasteiger partial charge >= 0.3 is 0 Å². The smallest absolute Gasteiger partial charge is 0.164 e. The molecule has 0 aliphatic rings. The molecule has 1 aromatic carbocycles. The number of anilines is 1. The van der Waals surface area contributed by atoms with E-state index in [4.69, 9.17) is 0 Å². The number of rotatable bonds is 4. The predicted octanol–water partition coefficient (Wildman–Crippen LogP) is 3.64. The van der Waals surface area contributed by atoms with Gasteiger partial charge in [-0.1, -0.05) is 6.07 Å². The molecule has 1 N–H and O–H groups in total. The molecular weight excluding hydrogens is 338 g/mol. The molecule has 3 aromatic heterocycles. The van der Waals surface area contributed by atoms with E-state index < -0.39 is 17.7 Å². The lowest BCUT2D eigenvalue weighted by molar-refractivity contribution is 0.566. The van der Waals surface area contributed by atoms with Gasteiger partial charge in [0.05, 0.1) is 23.5 Å². The van der Waals surface area contributed by atoms with Crippen LogP contribution in [0, 0.1) is 11.6 Å². The molecule has 0 bridgehead atoms. The van der Waals surface area contributed by atoms with Crippen LogP contribution < -0.4 is 5.32 Å². The molecular formula is C18H14F2N6. The number of aromatic nitrogens is 5. The third kappa shape index (κ3) is 2.97. The number of nitrogens with zero attached hydrogens (tertiary/aromatic N) is 5. The van der Waals surface area contributed by atoms with Crippen molar-refractivity contribution in [3.63, 3.8) is 0 Å². The highest BCUT2D eigenvalue weighted by molar-refractivity contribution is 5.75. The lowest BCUT2D eigenvalue weighted by atomic mass is 10.1. The fourth-order valence-electron chi connectivity index (χ4n) is 2.74. The fraction of sp³-hybridized carbons (Fsp3) is 0.111. The topological polar surface area (TPSA) is 68.0 Å². The Hall–Kier alpha value is -3.42. The van der Waals surface area contributed by atoms with Gasteiger partial charge in [0.2, 0.25) is 0 Å². The van der Waals surface area contributed by atoms with Gasteiger partial charge in [-0.3, -0.25) is 0 Å². The van der Waals surface area contributed by atoms with Crippen LogP contribution in [0.5, 0.6) is 0 Å². The van der Waals surface area contributed by atoms with Crippen molar-refractivity contribution < 1.29 is 8.78 Å². The van der Waals surface area contributed by atoms with Crippen molar-refractivity contribution in [3.05, 3.63) is 72.4 Å². The van der Waals surface area contributed by atoms with E-state index >= 15 is 0 Å². The van der Waals surface area contributed by atoms with Crippen molar-refractivity contribution >= 4 is 11.5 Å². The van der Waals surface area contributed by atoms with E-state index in [-0.39, 0.29) is 0 Å². The van der Waals surface area contributed by atoms with Gasteiger partial charge in [0.1, 0.15) is 23.8 Å². The van der Waals surface area contributed by atoms with Crippen molar-refractivity contribution in [2.24, 2.45) is 0 Å². The Bertz CT molecular complexity index is 1080. The Morgan fingerprint density at radius 2 is 2.00 bits per heavy atom. The Kier molecular flexibility index (Phi) is 4.00. The van der Waals surface area contributed by atoms with E-state index in [1.807, 2.05) is 0 Å². The third-order valence-corrected chi connectivity index (χ3v) is 4.02. The van der Waals surface area contributed by atoms with E-state index in [0.29, 0.717) is 22.7 Å². The highest BCUT2D eigenvalue weighted by Crippen LogP contribution is 2.25. The van der Waals surface area contributed by atoms with Crippen LogP contribution in [0.15, 0.2) is 55.2 Å². The van der Waals surface area contributed by atoms with Crippen molar-refractivity contribution in [1.29, 1.82) is 0 Å². The highest BCUT2D eigenvalue weighted by Gasteiger charge is 2.14. The van der Waals surface area contributed by atoms with E-state index in [0.717, 1.165) is 11.6 Å². The Morgan fingerprint density at radius 3 is 2.85 bits per heavy atom. The van der Waals surface area contributed by atoms with Crippen molar-refractivity contribution in [1.82, 2.24) is 24.6 Å². The van der Waals surface area contributed by atoms with Crippen LogP contribution in [0.1, 0.15) is 18.5 Å². The predicted molar refractivity (Wildman–Crippen MR) is 92.4 cm³/mol. The Labute approximate surface area is 147 Å². The minimum atomic E-state index is -0.608. The van der Waals surface area contributed by atoms with Gasteiger partial charge in [-0.2, -0.15) is 5.10 Å². The van der Waals surface area contributed by atoms with Gasteiger partial charge in [0.25, 0.3) is 0 Å². The van der Waals surface area contributed by atoms with Crippen LogP contribution >= 0.6 is 0 Å². The molecule has 6 nitrogen and oxygen atoms in total. The largest absolute Gasteiger partial charge is 0.363 e. The zero-order valence-electron chi connectivity index (χ0n) is 13.8. The van der Waals surface area contributed by atoms with Gasteiger partial charge < -0.3 is 5.32 Å². The summed E-state index contributed by atoms with van der Waals surface area (Å²) in [6.45, 7) is 1.77. The summed E-state index contributed by atoms with van der Waals surface area (Å²) in [5.41, 5.74) is 2.43. The first-order valence-corrected chi connectivity index (χ1v) is 7.94. The van der Waals surface area contributed by atoms with Crippen LogP contribution in [0.3, 0.4) is 0 Å². The first kappa shape index (κ1) is 16.1. The molecule has 3 heterocycles. The number of hydrogen-bond acceptors (Lipinski definition) is 5. The SMILES string of the molecule is C[C@H](Nc1cc(-c2cnn3cccnc23)ncn1)c1ccc(F)cc1F. The minimum absolute atomic E-state index is 0.351. The Balaban J connectivity index is 1.64. The minimum Gasteiger partial charge on any atom is -0.363 e. The van der Waals surface area contributed by atoms with Crippen molar-refractivity contribution in [2.45, 2.75) is 13.0 Å². The molecule has 0 fully saturated rings. The summed E-state index contributed by atoms with van der Waals surface area (Å²) in [7, 11) is 0. The summed E-state index contributed by atoms with van der Waals surface area (Å²) >= 11 is 0. The average Bonchev–Trinajstić information content (AvgIpc) is 3.06. The summed E-state index contributed by atoms with van der Waals surface area (Å²) in [6.07, 6.45) is 6.57. The molecule has 4 rings (SSSR count). The first-order valence-electron chi connectivity index (χ1n) is 7.94. The molecule has 4 aromatic rings. The number of benzene rings is 1. The second-order valence-electron chi connectivity index (χ2n) is 5.77. The van der Waals surface area contributed by atoms with Gasteiger partial charge in [0, 0.05) is 30.1 Å². The van der Waals surface area contributed by atoms with Gasteiger partial charge in [-0.05, 0) is 19.1 Å². The molecule has 0 spiro atoms. The molecule has 0 amide bonds. The number of fused-ring (bicyclic) bond motifs is 1. The van der Waals surface area contributed by atoms with Crippen LogP contribution in [0.25, 0.3) is 16.9 Å². The molecule has 26 heavy (non-hydrogen) atoms. The standard InChI is InChI=1S/C18H14F2N6/c1-11(13-4-3-12(19)7-15(13)20)25-17-8-16(22-10-23-17)14-9-24-26-6-2-5-21-18(14)26/h2-11H,1H3,(H,22,23,25)/t11-/m0/s1. The normalized spacial score (nSPS) is 12.3. The molecule has 1 atom stereocenters. The lowest BCUT2D eigenvalue weighted by Crippen LogP contribution is -2.10. The first-order chi connectivity index (χ1) is 12.6. The maximum absolute atomic E-state index is 13.9. The molecule has 0 unspecified atom stereocenters. The number of hydrogen-bond donors (Lipinski definition) is 1. The zero-order valence-corrected chi connectivity index (χ0v) is 13.8. The molecule has 0 saturated carbocycles. The number of nitrogens with one attached hydrogen (secondary N) is 1. The van der Waals surface area contributed by atoms with Gasteiger partial charge in [-0.25, -0.2) is 28.2 Å². The van der Waals surface area contributed by atoms with Crippen LogP contribution in [0.2, 0.25) is 0 Å². The van der Waals surface area contributed by atoms with Crippen LogP contribution in [-0.4, -0.2) is 24.6 Å². The maximum atomic E-state index is 13.9. The maximum Gasteiger partial charge on any atom is 0.164 e. The quantitative estimate of drug-likeness (QED) is 0.607. The molecule has 8 heteroatoms. The molecule has 0 saturated heterocycles. The molecule has 130 valence electrons. The monoisotopic (exact) mass is 352 g/mol. The van der Waals surface area contributed by atoms with E-state index in [9.17, 15) is 8.78 Å². The summed E-state index contributed by atoms with van der Waals surface area (Å²) in [6, 6.07) is 6.63. The van der Waals surface area contributed by atoms with E-state index in [1.165, 1.54) is 18.5 Å². The van der Waals surface area contributed by atoms with Crippen molar-refractivity contribution in [2.75, 3.05) is 5.32 Å². The van der Waals surface area contributed by atoms with Gasteiger partial charge in [-0.15, -0.1) is 0 Å². The van der Waals surface area contributed by atoms with E-state index in [2.05, 4.69) is 25.4 Å². The summed E-state index contributed by atoms with van der Waals surface area (Å²) in [5.74, 6) is -0.698. The second-order valence-corrected chi connectivity index (χ2v) is 5.77. The Morgan fingerprint density at radius 1 is 1.12 bits per heavy atom. The van der Waals surface area contributed by atoms with Crippen molar-refractivity contribution in [3.8, 4) is 11.3 Å². The van der Waals surface area contributed by atoms with E-state index in [1.54, 1.807) is 42.2 Å². The summed E-state index contributed by atoms with van der Waals surface area (Å²) in [5, 5.41) is 7.35. The average molecular weight is 352 g/mol. The zero-order chi connectivity index (χ0) is 18.1. The van der Waals surface area contributed by atoms with Gasteiger partial charge in [0.15, 0.2) is 5.65 Å². The lowest BCUT2D eigenvalue weighted by Gasteiger charge is -2.16. The summed E-state index contributed by atoms with van der Waals surface area (Å²) in [4.78, 5) is 12.8. The second kappa shape index (κ2) is 6.47. The number of halogens is 2. The molecule has 0 radical (unpaired) electrons.